The van der Waals surface area contributed by atoms with Gasteiger partial charge in [0.25, 0.3) is 0 Å². The van der Waals surface area contributed by atoms with Gasteiger partial charge in [-0.1, -0.05) is 43.2 Å². The molecule has 2 unspecified atom stereocenters. The van der Waals surface area contributed by atoms with Crippen molar-refractivity contribution in [3.63, 3.8) is 0 Å². The highest BCUT2D eigenvalue weighted by Crippen LogP contribution is 2.38. The molecule has 0 aliphatic heterocycles. The predicted molar refractivity (Wildman–Crippen MR) is 65.5 cm³/mol. The van der Waals surface area contributed by atoms with E-state index in [1.54, 1.807) is 0 Å². The highest BCUT2D eigenvalue weighted by atomic mass is 31.1. The van der Waals surface area contributed by atoms with E-state index in [4.69, 9.17) is 0 Å². The molecule has 2 atom stereocenters. The maximum Gasteiger partial charge on any atom is 0.0710 e. The van der Waals surface area contributed by atoms with E-state index in [0.29, 0.717) is 11.2 Å². The fourth-order valence-electron chi connectivity index (χ4n) is 1.13. The third-order valence-corrected chi connectivity index (χ3v) is 4.21. The second-order valence-electron chi connectivity index (χ2n) is 4.04. The Bertz CT molecular complexity index is 152. The van der Waals surface area contributed by atoms with E-state index < -0.39 is 0 Å². The molecule has 0 bridgehead atoms. The third kappa shape index (κ3) is 4.76. The molecule has 0 amide bonds. The number of aliphatic imine (C=N–C) groups is 1. The standard InChI is InChI=1S/C11H24NP/c1-6-9-12-10(13-8-3)11(4,5)7-2/h9-10,13H,6-8H2,1-5H3. The summed E-state index contributed by atoms with van der Waals surface area (Å²) in [6.45, 7) is 11.3. The van der Waals surface area contributed by atoms with Crippen LogP contribution in [0.2, 0.25) is 0 Å². The molecule has 1 nitrogen and oxygen atoms in total. The Morgan fingerprint density at radius 3 is 2.31 bits per heavy atom. The summed E-state index contributed by atoms with van der Waals surface area (Å²) in [7, 11) is 0.976. The van der Waals surface area contributed by atoms with Crippen molar-refractivity contribution in [1.29, 1.82) is 0 Å². The van der Waals surface area contributed by atoms with E-state index in [0.717, 1.165) is 15.0 Å². The van der Waals surface area contributed by atoms with E-state index in [-0.39, 0.29) is 0 Å². The molecule has 13 heavy (non-hydrogen) atoms. The van der Waals surface area contributed by atoms with Crippen molar-refractivity contribution in [3.8, 4) is 0 Å². The van der Waals surface area contributed by atoms with Crippen molar-refractivity contribution < 1.29 is 0 Å². The third-order valence-electron chi connectivity index (χ3n) is 2.49. The molecule has 0 saturated heterocycles. The van der Waals surface area contributed by atoms with Gasteiger partial charge in [0.05, 0.1) is 5.78 Å². The van der Waals surface area contributed by atoms with Gasteiger partial charge in [0.2, 0.25) is 0 Å². The van der Waals surface area contributed by atoms with Crippen LogP contribution in [0.15, 0.2) is 4.99 Å². The zero-order valence-electron chi connectivity index (χ0n) is 9.72. The summed E-state index contributed by atoms with van der Waals surface area (Å²) in [6.07, 6.45) is 5.61. The van der Waals surface area contributed by atoms with Gasteiger partial charge in [0, 0.05) is 0 Å². The molecule has 0 aliphatic carbocycles. The SMILES string of the molecule is CCC=NC(PCC)C(C)(C)CC. The van der Waals surface area contributed by atoms with Gasteiger partial charge in [-0.3, -0.25) is 4.99 Å². The Morgan fingerprint density at radius 1 is 1.31 bits per heavy atom. The fourth-order valence-corrected chi connectivity index (χ4v) is 2.48. The van der Waals surface area contributed by atoms with Gasteiger partial charge in [-0.15, -0.1) is 0 Å². The second kappa shape index (κ2) is 6.54. The Hall–Kier alpha value is 0.100. The summed E-state index contributed by atoms with van der Waals surface area (Å²) in [5, 5.41) is 0. The Labute approximate surface area is 85.2 Å². The molecule has 2 heteroatoms. The van der Waals surface area contributed by atoms with E-state index in [9.17, 15) is 0 Å². The number of hydrogen-bond donors (Lipinski definition) is 0. The molecule has 0 spiro atoms. The van der Waals surface area contributed by atoms with E-state index in [2.05, 4.69) is 45.8 Å². The van der Waals surface area contributed by atoms with E-state index in [1.807, 2.05) is 0 Å². The zero-order chi connectivity index (χ0) is 10.3. The van der Waals surface area contributed by atoms with Crippen LogP contribution in [0.3, 0.4) is 0 Å². The smallest absolute Gasteiger partial charge is 0.0710 e. The first-order chi connectivity index (χ1) is 6.08. The summed E-state index contributed by atoms with van der Waals surface area (Å²) in [5.41, 5.74) is 0.375. The molecule has 0 aromatic carbocycles. The van der Waals surface area contributed by atoms with Crippen LogP contribution in [0.4, 0.5) is 0 Å². The van der Waals surface area contributed by atoms with Crippen molar-refractivity contribution in [2.24, 2.45) is 10.4 Å². The highest BCUT2D eigenvalue weighted by Gasteiger charge is 2.25. The molecule has 0 fully saturated rings. The molecule has 0 rings (SSSR count). The first-order valence-corrected chi connectivity index (χ1v) is 6.61. The summed E-state index contributed by atoms with van der Waals surface area (Å²) >= 11 is 0. The monoisotopic (exact) mass is 201 g/mol. The average Bonchev–Trinajstić information content (AvgIpc) is 2.12. The van der Waals surface area contributed by atoms with Crippen LogP contribution in [0.5, 0.6) is 0 Å². The molecule has 0 N–H and O–H groups in total. The Morgan fingerprint density at radius 2 is 1.92 bits per heavy atom. The fraction of sp³-hybridized carbons (Fsp3) is 0.909. The lowest BCUT2D eigenvalue weighted by Gasteiger charge is -2.30. The molecule has 0 aromatic rings. The van der Waals surface area contributed by atoms with Gasteiger partial charge >= 0.3 is 0 Å². The molecule has 0 saturated carbocycles. The van der Waals surface area contributed by atoms with Crippen molar-refractivity contribution in [3.05, 3.63) is 0 Å². The van der Waals surface area contributed by atoms with Crippen molar-refractivity contribution in [2.45, 2.75) is 53.2 Å². The van der Waals surface area contributed by atoms with Crippen LogP contribution >= 0.6 is 8.58 Å². The number of hydrogen-bond acceptors (Lipinski definition) is 1. The predicted octanol–water partition coefficient (Wildman–Crippen LogP) is 3.93. The highest BCUT2D eigenvalue weighted by molar-refractivity contribution is 7.38. The van der Waals surface area contributed by atoms with Crippen molar-refractivity contribution in [1.82, 2.24) is 0 Å². The Balaban J connectivity index is 4.31. The van der Waals surface area contributed by atoms with Crippen molar-refractivity contribution >= 4 is 14.8 Å². The lowest BCUT2D eigenvalue weighted by molar-refractivity contribution is 0.340. The molecular weight excluding hydrogens is 177 g/mol. The number of rotatable bonds is 6. The van der Waals surface area contributed by atoms with Gasteiger partial charge in [-0.05, 0) is 30.6 Å². The zero-order valence-corrected chi connectivity index (χ0v) is 10.7. The molecule has 78 valence electrons. The molecule has 0 aliphatic rings. The van der Waals surface area contributed by atoms with Gasteiger partial charge < -0.3 is 0 Å². The largest absolute Gasteiger partial charge is 0.289 e. The maximum absolute atomic E-state index is 4.66. The average molecular weight is 201 g/mol. The lowest BCUT2D eigenvalue weighted by atomic mass is 9.90. The Kier molecular flexibility index (Phi) is 6.59. The maximum atomic E-state index is 4.66. The summed E-state index contributed by atoms with van der Waals surface area (Å²) in [5.74, 6) is 0.544. The normalized spacial score (nSPS) is 16.1. The molecule has 0 aromatic heterocycles. The topological polar surface area (TPSA) is 12.4 Å². The van der Waals surface area contributed by atoms with Crippen LogP contribution < -0.4 is 0 Å². The first-order valence-electron chi connectivity index (χ1n) is 5.33. The number of nitrogens with zero attached hydrogens (tertiary/aromatic N) is 1. The van der Waals surface area contributed by atoms with Crippen LogP contribution in [0.25, 0.3) is 0 Å². The van der Waals surface area contributed by atoms with Crippen LogP contribution in [-0.2, 0) is 0 Å². The molecular formula is C11H24NP. The van der Waals surface area contributed by atoms with Crippen molar-refractivity contribution in [2.75, 3.05) is 6.16 Å². The van der Waals surface area contributed by atoms with Gasteiger partial charge in [0.15, 0.2) is 0 Å². The van der Waals surface area contributed by atoms with Crippen LogP contribution in [-0.4, -0.2) is 18.2 Å². The quantitative estimate of drug-likeness (QED) is 0.456. The minimum absolute atomic E-state index is 0.375. The second-order valence-corrected chi connectivity index (χ2v) is 5.70. The summed E-state index contributed by atoms with van der Waals surface area (Å²) < 4.78 is 0. The van der Waals surface area contributed by atoms with E-state index in [1.165, 1.54) is 12.6 Å². The molecule has 0 radical (unpaired) electrons. The van der Waals surface area contributed by atoms with Crippen LogP contribution in [0.1, 0.15) is 47.5 Å². The summed E-state index contributed by atoms with van der Waals surface area (Å²) in [4.78, 5) is 4.66. The van der Waals surface area contributed by atoms with Gasteiger partial charge in [-0.2, -0.15) is 0 Å². The first kappa shape index (κ1) is 13.1. The van der Waals surface area contributed by atoms with Crippen LogP contribution in [0, 0.1) is 5.41 Å². The minimum atomic E-state index is 0.375. The van der Waals surface area contributed by atoms with Gasteiger partial charge in [-0.25, -0.2) is 0 Å². The molecule has 0 heterocycles. The summed E-state index contributed by atoms with van der Waals surface area (Å²) in [6, 6.07) is 0. The minimum Gasteiger partial charge on any atom is -0.289 e. The van der Waals surface area contributed by atoms with E-state index >= 15 is 0 Å². The van der Waals surface area contributed by atoms with Gasteiger partial charge in [0.1, 0.15) is 0 Å². The lowest BCUT2D eigenvalue weighted by Crippen LogP contribution is -2.23.